The van der Waals surface area contributed by atoms with Gasteiger partial charge in [-0.05, 0) is 35.6 Å². The van der Waals surface area contributed by atoms with Crippen molar-refractivity contribution in [1.82, 2.24) is 4.37 Å². The molecule has 1 aromatic carbocycles. The molecule has 0 amide bonds. The van der Waals surface area contributed by atoms with Crippen molar-refractivity contribution in [3.05, 3.63) is 35.9 Å². The summed E-state index contributed by atoms with van der Waals surface area (Å²) in [4.78, 5) is 0. The molecule has 0 atom stereocenters. The van der Waals surface area contributed by atoms with E-state index in [9.17, 15) is 0 Å². The number of hydrogen-bond acceptors (Lipinski definition) is 5. The van der Waals surface area contributed by atoms with E-state index in [0.717, 1.165) is 23.7 Å². The van der Waals surface area contributed by atoms with Gasteiger partial charge in [-0.1, -0.05) is 12.1 Å². The number of rotatable bonds is 5. The van der Waals surface area contributed by atoms with Crippen LogP contribution in [0.4, 0.5) is 10.8 Å². The summed E-state index contributed by atoms with van der Waals surface area (Å²) < 4.78 is 9.11. The van der Waals surface area contributed by atoms with Gasteiger partial charge in [0, 0.05) is 12.6 Å². The van der Waals surface area contributed by atoms with E-state index in [4.69, 9.17) is 10.5 Å². The molecule has 2 aromatic rings. The Kier molecular flexibility index (Phi) is 3.82. The molecule has 0 aliphatic heterocycles. The SMILES string of the molecule is COc1ccc(CCNc2cc(N)ns2)cc1. The van der Waals surface area contributed by atoms with Gasteiger partial charge in [0.25, 0.3) is 0 Å². The van der Waals surface area contributed by atoms with Crippen LogP contribution in [0.5, 0.6) is 5.75 Å². The van der Waals surface area contributed by atoms with Crippen LogP contribution in [0.15, 0.2) is 30.3 Å². The zero-order chi connectivity index (χ0) is 12.1. The number of nitrogen functional groups attached to an aromatic ring is 1. The van der Waals surface area contributed by atoms with Crippen molar-refractivity contribution in [2.24, 2.45) is 0 Å². The highest BCUT2D eigenvalue weighted by Crippen LogP contribution is 2.17. The summed E-state index contributed by atoms with van der Waals surface area (Å²) in [5.41, 5.74) is 6.81. The second kappa shape index (κ2) is 5.54. The Balaban J connectivity index is 1.81. The molecule has 0 fully saturated rings. The van der Waals surface area contributed by atoms with Gasteiger partial charge in [0.2, 0.25) is 0 Å². The zero-order valence-corrected chi connectivity index (χ0v) is 10.5. The normalized spacial score (nSPS) is 10.2. The monoisotopic (exact) mass is 249 g/mol. The molecule has 2 rings (SSSR count). The molecule has 0 radical (unpaired) electrons. The van der Waals surface area contributed by atoms with Crippen LogP contribution in [0.1, 0.15) is 5.56 Å². The molecule has 0 aliphatic carbocycles. The van der Waals surface area contributed by atoms with Gasteiger partial charge >= 0.3 is 0 Å². The maximum absolute atomic E-state index is 5.54. The molecule has 0 unspecified atom stereocenters. The third-order valence-electron chi connectivity index (χ3n) is 2.40. The highest BCUT2D eigenvalue weighted by molar-refractivity contribution is 7.10. The number of ether oxygens (including phenoxy) is 1. The Labute approximate surface area is 105 Å². The van der Waals surface area contributed by atoms with Gasteiger partial charge in [0.05, 0.1) is 7.11 Å². The van der Waals surface area contributed by atoms with Crippen molar-refractivity contribution in [3.63, 3.8) is 0 Å². The van der Waals surface area contributed by atoms with Crippen LogP contribution < -0.4 is 15.8 Å². The topological polar surface area (TPSA) is 60.2 Å². The highest BCUT2D eigenvalue weighted by Gasteiger charge is 1.98. The lowest BCUT2D eigenvalue weighted by atomic mass is 10.1. The van der Waals surface area contributed by atoms with Crippen molar-refractivity contribution in [2.75, 3.05) is 24.7 Å². The van der Waals surface area contributed by atoms with Crippen molar-refractivity contribution in [3.8, 4) is 5.75 Å². The predicted molar refractivity (Wildman–Crippen MR) is 71.7 cm³/mol. The predicted octanol–water partition coefficient (Wildman–Crippen LogP) is 2.39. The lowest BCUT2D eigenvalue weighted by Gasteiger charge is -2.04. The largest absolute Gasteiger partial charge is 0.497 e. The van der Waals surface area contributed by atoms with E-state index in [-0.39, 0.29) is 0 Å². The summed E-state index contributed by atoms with van der Waals surface area (Å²) in [6.07, 6.45) is 0.960. The number of anilines is 2. The molecule has 3 N–H and O–H groups in total. The zero-order valence-electron chi connectivity index (χ0n) is 9.64. The van der Waals surface area contributed by atoms with E-state index in [0.29, 0.717) is 5.82 Å². The molecule has 1 heterocycles. The van der Waals surface area contributed by atoms with Crippen molar-refractivity contribution in [1.29, 1.82) is 0 Å². The van der Waals surface area contributed by atoms with Crippen LogP contribution in [0, 0.1) is 0 Å². The van der Waals surface area contributed by atoms with Gasteiger partial charge in [0.1, 0.15) is 16.6 Å². The second-order valence-electron chi connectivity index (χ2n) is 3.64. The summed E-state index contributed by atoms with van der Waals surface area (Å²) in [5, 5.41) is 4.30. The quantitative estimate of drug-likeness (QED) is 0.854. The van der Waals surface area contributed by atoms with E-state index in [1.165, 1.54) is 17.1 Å². The van der Waals surface area contributed by atoms with Gasteiger partial charge in [-0.25, -0.2) is 0 Å². The smallest absolute Gasteiger partial charge is 0.139 e. The average molecular weight is 249 g/mol. The van der Waals surface area contributed by atoms with Crippen molar-refractivity contribution >= 4 is 22.4 Å². The first-order chi connectivity index (χ1) is 8.28. The fourth-order valence-electron chi connectivity index (χ4n) is 1.49. The summed E-state index contributed by atoms with van der Waals surface area (Å²) in [5.74, 6) is 1.46. The molecular weight excluding hydrogens is 234 g/mol. The lowest BCUT2D eigenvalue weighted by molar-refractivity contribution is 0.414. The summed E-state index contributed by atoms with van der Waals surface area (Å²) in [7, 11) is 1.67. The van der Waals surface area contributed by atoms with Gasteiger partial charge in [-0.2, -0.15) is 4.37 Å². The van der Waals surface area contributed by atoms with Crippen LogP contribution in [-0.2, 0) is 6.42 Å². The molecule has 0 bridgehead atoms. The highest BCUT2D eigenvalue weighted by atomic mass is 32.1. The minimum atomic E-state index is 0.571. The van der Waals surface area contributed by atoms with Crippen LogP contribution >= 0.6 is 11.5 Å². The van der Waals surface area contributed by atoms with Crippen LogP contribution in [-0.4, -0.2) is 18.0 Å². The van der Waals surface area contributed by atoms with Crippen molar-refractivity contribution < 1.29 is 4.74 Å². The van der Waals surface area contributed by atoms with E-state index in [1.807, 2.05) is 18.2 Å². The maximum Gasteiger partial charge on any atom is 0.139 e. The number of methoxy groups -OCH3 is 1. The van der Waals surface area contributed by atoms with Gasteiger partial charge in [-0.3, -0.25) is 0 Å². The Morgan fingerprint density at radius 1 is 1.35 bits per heavy atom. The Morgan fingerprint density at radius 2 is 2.12 bits per heavy atom. The molecule has 0 aliphatic rings. The fraction of sp³-hybridized carbons (Fsp3) is 0.250. The standard InChI is InChI=1S/C12H15N3OS/c1-16-10-4-2-9(3-5-10)6-7-14-12-8-11(13)15-17-12/h2-5,8,14H,6-7H2,1H3,(H2,13,15). The van der Waals surface area contributed by atoms with Crippen LogP contribution in [0.2, 0.25) is 0 Å². The van der Waals surface area contributed by atoms with E-state index in [1.54, 1.807) is 7.11 Å². The molecule has 0 saturated heterocycles. The third-order valence-corrected chi connectivity index (χ3v) is 3.16. The molecule has 5 heteroatoms. The fourth-order valence-corrected chi connectivity index (χ4v) is 2.09. The summed E-state index contributed by atoms with van der Waals surface area (Å²) in [6.45, 7) is 0.869. The molecular formula is C12H15N3OS. The van der Waals surface area contributed by atoms with E-state index in [2.05, 4.69) is 21.8 Å². The second-order valence-corrected chi connectivity index (χ2v) is 4.45. The number of nitrogens with one attached hydrogen (secondary N) is 1. The van der Waals surface area contributed by atoms with Gasteiger partial charge < -0.3 is 15.8 Å². The van der Waals surface area contributed by atoms with Gasteiger partial charge in [-0.15, -0.1) is 0 Å². The number of aromatic nitrogens is 1. The third kappa shape index (κ3) is 3.35. The number of hydrogen-bond donors (Lipinski definition) is 2. The number of nitrogens with two attached hydrogens (primary N) is 1. The first kappa shape index (κ1) is 11.7. The van der Waals surface area contributed by atoms with E-state index < -0.39 is 0 Å². The van der Waals surface area contributed by atoms with Crippen molar-refractivity contribution in [2.45, 2.75) is 6.42 Å². The first-order valence-corrected chi connectivity index (χ1v) is 6.14. The average Bonchev–Trinajstić information content (AvgIpc) is 2.76. The Bertz CT molecular complexity index is 467. The summed E-state index contributed by atoms with van der Waals surface area (Å²) >= 11 is 1.38. The molecule has 0 spiro atoms. The Hall–Kier alpha value is -1.75. The molecule has 1 aromatic heterocycles. The number of benzene rings is 1. The summed E-state index contributed by atoms with van der Waals surface area (Å²) in [6, 6.07) is 9.93. The first-order valence-electron chi connectivity index (χ1n) is 5.37. The van der Waals surface area contributed by atoms with Crippen LogP contribution in [0.3, 0.4) is 0 Å². The minimum absolute atomic E-state index is 0.571. The number of nitrogens with zero attached hydrogens (tertiary/aromatic N) is 1. The van der Waals surface area contributed by atoms with E-state index >= 15 is 0 Å². The van der Waals surface area contributed by atoms with Crippen LogP contribution in [0.25, 0.3) is 0 Å². The van der Waals surface area contributed by atoms with Gasteiger partial charge in [0.15, 0.2) is 0 Å². The molecule has 0 saturated carbocycles. The molecule has 17 heavy (non-hydrogen) atoms. The molecule has 4 nitrogen and oxygen atoms in total. The minimum Gasteiger partial charge on any atom is -0.497 e. The lowest BCUT2D eigenvalue weighted by Crippen LogP contribution is -2.03. The maximum atomic E-state index is 5.54. The molecule has 90 valence electrons. The Morgan fingerprint density at radius 3 is 2.71 bits per heavy atom.